The first kappa shape index (κ1) is 11.7. The van der Waals surface area contributed by atoms with E-state index in [0.717, 1.165) is 0 Å². The normalized spacial score (nSPS) is 14.4. The smallest absolute Gasteiger partial charge is 0.314 e. The Bertz CT molecular complexity index is 203. The van der Waals surface area contributed by atoms with E-state index in [1.807, 2.05) is 5.32 Å². The molecule has 1 atom stereocenters. The summed E-state index contributed by atoms with van der Waals surface area (Å²) in [4.78, 5) is 21.2. The van der Waals surface area contributed by atoms with E-state index in [1.165, 1.54) is 6.92 Å². The van der Waals surface area contributed by atoms with Crippen LogP contribution in [-0.4, -0.2) is 29.4 Å². The van der Waals surface area contributed by atoms with Crippen molar-refractivity contribution in [2.75, 3.05) is 6.61 Å². The Kier molecular flexibility index (Phi) is 4.19. The van der Waals surface area contributed by atoms with E-state index in [9.17, 15) is 14.7 Å². The Labute approximate surface area is 76.0 Å². The second-order valence-electron chi connectivity index (χ2n) is 2.74. The van der Waals surface area contributed by atoms with Gasteiger partial charge in [0.05, 0.1) is 13.0 Å². The zero-order valence-corrected chi connectivity index (χ0v) is 7.66. The van der Waals surface area contributed by atoms with Gasteiger partial charge in [-0.1, -0.05) is 0 Å². The first-order valence-corrected chi connectivity index (χ1v) is 3.83. The van der Waals surface area contributed by atoms with Crippen molar-refractivity contribution in [3.63, 3.8) is 0 Å². The van der Waals surface area contributed by atoms with Crippen LogP contribution in [0.25, 0.3) is 0 Å². The molecule has 0 saturated heterocycles. The lowest BCUT2D eigenvalue weighted by Gasteiger charge is -2.22. The van der Waals surface area contributed by atoms with Gasteiger partial charge in [0.2, 0.25) is 0 Å². The van der Waals surface area contributed by atoms with E-state index in [-0.39, 0.29) is 13.0 Å². The highest BCUT2D eigenvalue weighted by atomic mass is 16.5. The average molecular weight is 190 g/mol. The SMILES string of the molecule is CCOC(=O)CC(C)(O)NC(N)=O. The summed E-state index contributed by atoms with van der Waals surface area (Å²) in [5, 5.41) is 11.4. The molecule has 0 fully saturated rings. The molecule has 13 heavy (non-hydrogen) atoms. The number of aliphatic hydroxyl groups is 1. The Balaban J connectivity index is 4.00. The molecular formula is C7H14N2O4. The molecule has 0 radical (unpaired) electrons. The van der Waals surface area contributed by atoms with E-state index < -0.39 is 17.7 Å². The highest BCUT2D eigenvalue weighted by Crippen LogP contribution is 2.05. The Morgan fingerprint density at radius 3 is 2.54 bits per heavy atom. The van der Waals surface area contributed by atoms with Crippen molar-refractivity contribution >= 4 is 12.0 Å². The van der Waals surface area contributed by atoms with Crippen molar-refractivity contribution in [3.8, 4) is 0 Å². The molecule has 0 aromatic rings. The number of hydrogen-bond donors (Lipinski definition) is 3. The molecule has 0 rings (SSSR count). The van der Waals surface area contributed by atoms with Gasteiger partial charge in [0.15, 0.2) is 0 Å². The minimum absolute atomic E-state index is 0.228. The number of carbonyl (C=O) groups excluding carboxylic acids is 2. The summed E-state index contributed by atoms with van der Waals surface area (Å²) in [5.41, 5.74) is 3.11. The van der Waals surface area contributed by atoms with E-state index >= 15 is 0 Å². The lowest BCUT2D eigenvalue weighted by Crippen LogP contribution is -2.49. The average Bonchev–Trinajstić information content (AvgIpc) is 1.81. The summed E-state index contributed by atoms with van der Waals surface area (Å²) in [6.07, 6.45) is -0.330. The number of primary amides is 1. The van der Waals surface area contributed by atoms with Crippen LogP contribution in [0, 0.1) is 0 Å². The molecule has 4 N–H and O–H groups in total. The number of amides is 2. The molecule has 0 bridgehead atoms. The van der Waals surface area contributed by atoms with Crippen LogP contribution in [0.5, 0.6) is 0 Å². The fourth-order valence-electron chi connectivity index (χ4n) is 0.803. The van der Waals surface area contributed by atoms with Crippen molar-refractivity contribution < 1.29 is 19.4 Å². The van der Waals surface area contributed by atoms with E-state index in [4.69, 9.17) is 5.73 Å². The van der Waals surface area contributed by atoms with Gasteiger partial charge in [-0.3, -0.25) is 4.79 Å². The number of carbonyl (C=O) groups is 2. The van der Waals surface area contributed by atoms with Crippen molar-refractivity contribution in [2.45, 2.75) is 26.0 Å². The van der Waals surface area contributed by atoms with Crippen LogP contribution in [0.1, 0.15) is 20.3 Å². The van der Waals surface area contributed by atoms with Crippen LogP contribution < -0.4 is 11.1 Å². The Morgan fingerprint density at radius 2 is 2.15 bits per heavy atom. The first-order chi connectivity index (χ1) is 5.87. The highest BCUT2D eigenvalue weighted by Gasteiger charge is 2.25. The summed E-state index contributed by atoms with van der Waals surface area (Å²) in [7, 11) is 0. The zero-order chi connectivity index (χ0) is 10.5. The Hall–Kier alpha value is -1.30. The quantitative estimate of drug-likeness (QED) is 0.403. The van der Waals surface area contributed by atoms with Gasteiger partial charge >= 0.3 is 12.0 Å². The second-order valence-corrected chi connectivity index (χ2v) is 2.74. The molecule has 6 heteroatoms. The lowest BCUT2D eigenvalue weighted by atomic mass is 10.2. The molecular weight excluding hydrogens is 176 g/mol. The van der Waals surface area contributed by atoms with Crippen LogP contribution >= 0.6 is 0 Å². The predicted octanol–water partition coefficient (Wildman–Crippen LogP) is -0.684. The van der Waals surface area contributed by atoms with E-state index in [0.29, 0.717) is 0 Å². The van der Waals surface area contributed by atoms with Gasteiger partial charge in [-0.2, -0.15) is 0 Å². The van der Waals surface area contributed by atoms with Crippen LogP contribution in [0.2, 0.25) is 0 Å². The largest absolute Gasteiger partial charge is 0.466 e. The molecule has 0 aliphatic heterocycles. The van der Waals surface area contributed by atoms with Gasteiger partial charge in [0, 0.05) is 0 Å². The molecule has 2 amide bonds. The first-order valence-electron chi connectivity index (χ1n) is 3.83. The third kappa shape index (κ3) is 5.92. The van der Waals surface area contributed by atoms with Crippen molar-refractivity contribution in [2.24, 2.45) is 5.73 Å². The van der Waals surface area contributed by atoms with Crippen LogP contribution in [0.15, 0.2) is 0 Å². The number of esters is 1. The van der Waals surface area contributed by atoms with Crippen LogP contribution in [-0.2, 0) is 9.53 Å². The molecule has 0 heterocycles. The monoisotopic (exact) mass is 190 g/mol. The molecule has 0 spiro atoms. The van der Waals surface area contributed by atoms with Gasteiger partial charge < -0.3 is 20.9 Å². The third-order valence-electron chi connectivity index (χ3n) is 1.19. The van der Waals surface area contributed by atoms with Gasteiger partial charge in [0.25, 0.3) is 0 Å². The summed E-state index contributed by atoms with van der Waals surface area (Å²) in [6.45, 7) is 3.13. The number of rotatable bonds is 4. The van der Waals surface area contributed by atoms with Crippen LogP contribution in [0.3, 0.4) is 0 Å². The number of nitrogens with two attached hydrogens (primary N) is 1. The molecule has 6 nitrogen and oxygen atoms in total. The molecule has 0 aliphatic carbocycles. The van der Waals surface area contributed by atoms with E-state index in [1.54, 1.807) is 6.92 Å². The molecule has 0 aliphatic rings. The van der Waals surface area contributed by atoms with Gasteiger partial charge in [0.1, 0.15) is 5.72 Å². The molecule has 76 valence electrons. The minimum Gasteiger partial charge on any atom is -0.466 e. The van der Waals surface area contributed by atoms with Crippen LogP contribution in [0.4, 0.5) is 4.79 Å². The molecule has 1 unspecified atom stereocenters. The summed E-state index contributed by atoms with van der Waals surface area (Å²) < 4.78 is 4.57. The second kappa shape index (κ2) is 4.66. The maximum absolute atomic E-state index is 10.9. The minimum atomic E-state index is -1.65. The Morgan fingerprint density at radius 1 is 1.62 bits per heavy atom. The molecule has 0 aromatic heterocycles. The number of urea groups is 1. The molecule has 0 aromatic carbocycles. The summed E-state index contributed by atoms with van der Waals surface area (Å²) in [5.74, 6) is -0.596. The zero-order valence-electron chi connectivity index (χ0n) is 7.66. The standard InChI is InChI=1S/C7H14N2O4/c1-3-13-5(10)4-7(2,12)9-6(8)11/h12H,3-4H2,1-2H3,(H3,8,9,11). The highest BCUT2D eigenvalue weighted by molar-refractivity contribution is 5.75. The van der Waals surface area contributed by atoms with Gasteiger partial charge in [-0.05, 0) is 13.8 Å². The lowest BCUT2D eigenvalue weighted by molar-refractivity contribution is -0.148. The molecule has 0 saturated carbocycles. The predicted molar refractivity (Wildman–Crippen MR) is 44.6 cm³/mol. The van der Waals surface area contributed by atoms with Crippen molar-refractivity contribution in [1.82, 2.24) is 5.32 Å². The number of nitrogens with one attached hydrogen (secondary N) is 1. The van der Waals surface area contributed by atoms with Crippen molar-refractivity contribution in [3.05, 3.63) is 0 Å². The van der Waals surface area contributed by atoms with Gasteiger partial charge in [-0.25, -0.2) is 4.79 Å². The summed E-state index contributed by atoms with van der Waals surface area (Å²) >= 11 is 0. The van der Waals surface area contributed by atoms with Gasteiger partial charge in [-0.15, -0.1) is 0 Å². The maximum Gasteiger partial charge on any atom is 0.314 e. The number of ether oxygens (including phenoxy) is 1. The maximum atomic E-state index is 10.9. The fourth-order valence-corrected chi connectivity index (χ4v) is 0.803. The summed E-state index contributed by atoms with van der Waals surface area (Å²) in [6, 6.07) is -0.894. The van der Waals surface area contributed by atoms with Crippen molar-refractivity contribution in [1.29, 1.82) is 0 Å². The topological polar surface area (TPSA) is 102 Å². The van der Waals surface area contributed by atoms with E-state index in [2.05, 4.69) is 4.74 Å². The third-order valence-corrected chi connectivity index (χ3v) is 1.19. The fraction of sp³-hybridized carbons (Fsp3) is 0.714. The number of hydrogen-bond acceptors (Lipinski definition) is 4.